The van der Waals surface area contributed by atoms with E-state index >= 15 is 0 Å². The van der Waals surface area contributed by atoms with Gasteiger partial charge < -0.3 is 9.84 Å². The van der Waals surface area contributed by atoms with Crippen molar-refractivity contribution in [3.63, 3.8) is 0 Å². The van der Waals surface area contributed by atoms with Gasteiger partial charge in [0.2, 0.25) is 0 Å². The highest BCUT2D eigenvalue weighted by atomic mass is 19.4. The fourth-order valence-corrected chi connectivity index (χ4v) is 2.86. The monoisotopic (exact) mass is 366 g/mol. The molecule has 1 aromatic heterocycles. The van der Waals surface area contributed by atoms with Crippen molar-refractivity contribution in [1.29, 1.82) is 0 Å². The molecule has 1 aliphatic rings. The number of carbonyl (C=O) groups excluding carboxylic acids is 1. The van der Waals surface area contributed by atoms with E-state index in [-0.39, 0.29) is 5.69 Å². The summed E-state index contributed by atoms with van der Waals surface area (Å²) in [7, 11) is 0. The van der Waals surface area contributed by atoms with Crippen molar-refractivity contribution in [1.82, 2.24) is 10.5 Å². The van der Waals surface area contributed by atoms with Crippen molar-refractivity contribution in [3.8, 4) is 0 Å². The van der Waals surface area contributed by atoms with Crippen molar-refractivity contribution < 1.29 is 22.5 Å². The zero-order chi connectivity index (χ0) is 19.1. The van der Waals surface area contributed by atoms with E-state index in [1.807, 2.05) is 20.8 Å². The number of halogens is 3. The van der Waals surface area contributed by atoms with Crippen molar-refractivity contribution in [2.45, 2.75) is 51.7 Å². The Morgan fingerprint density at radius 3 is 2.50 bits per heavy atom. The molecule has 1 aliphatic carbocycles. The van der Waals surface area contributed by atoms with E-state index in [0.717, 1.165) is 25.0 Å². The standard InChI is InChI=1S/C19H21F3N2O2/c1-18(2,3)16(12-5-4-6-13(9-12)19(20,21)22)23-17(25)14-10-15(26-24-14)11-7-8-11/h4-6,9-11,16H,7-8H2,1-3H3,(H,23,25). The summed E-state index contributed by atoms with van der Waals surface area (Å²) < 4.78 is 44.3. The van der Waals surface area contributed by atoms with Gasteiger partial charge in [0.1, 0.15) is 5.76 Å². The smallest absolute Gasteiger partial charge is 0.360 e. The number of hydrogen-bond acceptors (Lipinski definition) is 3. The second kappa shape index (κ2) is 6.45. The summed E-state index contributed by atoms with van der Waals surface area (Å²) in [5.41, 5.74) is -0.696. The number of carbonyl (C=O) groups is 1. The lowest BCUT2D eigenvalue weighted by atomic mass is 9.82. The summed E-state index contributed by atoms with van der Waals surface area (Å²) in [6.45, 7) is 5.57. The zero-order valence-corrected chi connectivity index (χ0v) is 14.9. The molecule has 1 N–H and O–H groups in total. The lowest BCUT2D eigenvalue weighted by Crippen LogP contribution is -2.37. The quantitative estimate of drug-likeness (QED) is 0.820. The average Bonchev–Trinajstić information content (AvgIpc) is 3.27. The van der Waals surface area contributed by atoms with Crippen LogP contribution in [-0.2, 0) is 6.18 Å². The van der Waals surface area contributed by atoms with Crippen LogP contribution in [0.4, 0.5) is 13.2 Å². The van der Waals surface area contributed by atoms with E-state index in [9.17, 15) is 18.0 Å². The van der Waals surface area contributed by atoms with Gasteiger partial charge in [0.25, 0.3) is 5.91 Å². The van der Waals surface area contributed by atoms with Crippen LogP contribution in [0.25, 0.3) is 0 Å². The fourth-order valence-electron chi connectivity index (χ4n) is 2.86. The van der Waals surface area contributed by atoms with Crippen LogP contribution in [0.5, 0.6) is 0 Å². The zero-order valence-electron chi connectivity index (χ0n) is 14.9. The predicted molar refractivity (Wildman–Crippen MR) is 89.6 cm³/mol. The van der Waals surface area contributed by atoms with E-state index in [1.165, 1.54) is 6.07 Å². The van der Waals surface area contributed by atoms with Crippen LogP contribution < -0.4 is 5.32 Å². The normalized spacial score (nSPS) is 16.4. The molecule has 1 unspecified atom stereocenters. The molecule has 26 heavy (non-hydrogen) atoms. The van der Waals surface area contributed by atoms with Crippen molar-refractivity contribution in [2.75, 3.05) is 0 Å². The van der Waals surface area contributed by atoms with Gasteiger partial charge in [-0.1, -0.05) is 38.1 Å². The fraction of sp³-hybridized carbons (Fsp3) is 0.474. The first kappa shape index (κ1) is 18.5. The van der Waals surface area contributed by atoms with Gasteiger partial charge in [-0.05, 0) is 36.0 Å². The van der Waals surface area contributed by atoms with Gasteiger partial charge in [-0.15, -0.1) is 0 Å². The summed E-state index contributed by atoms with van der Waals surface area (Å²) in [5, 5.41) is 6.61. The van der Waals surface area contributed by atoms with Crippen molar-refractivity contribution in [2.24, 2.45) is 5.41 Å². The molecule has 1 heterocycles. The van der Waals surface area contributed by atoms with E-state index in [4.69, 9.17) is 4.52 Å². The predicted octanol–water partition coefficient (Wildman–Crippen LogP) is 5.09. The number of nitrogens with zero attached hydrogens (tertiary/aromatic N) is 1. The highest BCUT2D eigenvalue weighted by Gasteiger charge is 2.34. The first-order valence-corrected chi connectivity index (χ1v) is 8.50. The van der Waals surface area contributed by atoms with Gasteiger partial charge in [0.05, 0.1) is 11.6 Å². The molecule has 7 heteroatoms. The van der Waals surface area contributed by atoms with Crippen LogP contribution in [0.2, 0.25) is 0 Å². The molecule has 0 spiro atoms. The Balaban J connectivity index is 1.85. The molecule has 1 amide bonds. The first-order chi connectivity index (χ1) is 12.1. The van der Waals surface area contributed by atoms with Gasteiger partial charge >= 0.3 is 6.18 Å². The van der Waals surface area contributed by atoms with E-state index < -0.39 is 29.1 Å². The SMILES string of the molecule is CC(C)(C)C(NC(=O)c1cc(C2CC2)on1)c1cccc(C(F)(F)F)c1. The molecule has 4 nitrogen and oxygen atoms in total. The van der Waals surface area contributed by atoms with Crippen molar-refractivity contribution >= 4 is 5.91 Å². The molecule has 2 aromatic rings. The lowest BCUT2D eigenvalue weighted by Gasteiger charge is -2.32. The van der Waals surface area contributed by atoms with Crippen LogP contribution in [0.15, 0.2) is 34.9 Å². The number of benzene rings is 1. The molecule has 1 atom stereocenters. The molecular formula is C19H21F3N2O2. The number of rotatable bonds is 4. The number of amides is 1. The molecule has 0 saturated heterocycles. The van der Waals surface area contributed by atoms with E-state index in [2.05, 4.69) is 10.5 Å². The molecule has 1 aromatic carbocycles. The Kier molecular flexibility index (Phi) is 4.58. The Hall–Kier alpha value is -2.31. The highest BCUT2D eigenvalue weighted by molar-refractivity contribution is 5.92. The maximum Gasteiger partial charge on any atom is 0.416 e. The highest BCUT2D eigenvalue weighted by Crippen LogP contribution is 2.40. The van der Waals surface area contributed by atoms with Crippen LogP contribution in [0.3, 0.4) is 0 Å². The van der Waals surface area contributed by atoms with E-state index in [0.29, 0.717) is 17.2 Å². The second-order valence-electron chi connectivity index (χ2n) is 7.78. The van der Waals surface area contributed by atoms with Crippen LogP contribution in [-0.4, -0.2) is 11.1 Å². The van der Waals surface area contributed by atoms with Crippen molar-refractivity contribution in [3.05, 3.63) is 52.9 Å². The maximum absolute atomic E-state index is 13.0. The third-order valence-corrected chi connectivity index (χ3v) is 4.43. The average molecular weight is 366 g/mol. The molecule has 0 aliphatic heterocycles. The number of nitrogens with one attached hydrogen (secondary N) is 1. The number of aromatic nitrogens is 1. The number of alkyl halides is 3. The summed E-state index contributed by atoms with van der Waals surface area (Å²) in [6, 6.07) is 6.03. The van der Waals surface area contributed by atoms with Gasteiger partial charge in [-0.25, -0.2) is 0 Å². The van der Waals surface area contributed by atoms with Gasteiger partial charge in [-0.3, -0.25) is 4.79 Å². The van der Waals surface area contributed by atoms with Gasteiger partial charge in [0.15, 0.2) is 5.69 Å². The largest absolute Gasteiger partial charge is 0.416 e. The van der Waals surface area contributed by atoms with Crippen LogP contribution >= 0.6 is 0 Å². The molecule has 0 bridgehead atoms. The Morgan fingerprint density at radius 2 is 1.92 bits per heavy atom. The molecule has 0 radical (unpaired) electrons. The molecule has 1 saturated carbocycles. The van der Waals surface area contributed by atoms with E-state index in [1.54, 1.807) is 12.1 Å². The maximum atomic E-state index is 13.0. The van der Waals surface area contributed by atoms with Crippen LogP contribution in [0.1, 0.15) is 72.9 Å². The third-order valence-electron chi connectivity index (χ3n) is 4.43. The molecule has 1 fully saturated rings. The summed E-state index contributed by atoms with van der Waals surface area (Å²) in [6.07, 6.45) is -2.40. The molecule has 140 valence electrons. The van der Waals surface area contributed by atoms with Crippen LogP contribution in [0, 0.1) is 5.41 Å². The molecule has 3 rings (SSSR count). The number of hydrogen-bond donors (Lipinski definition) is 1. The third kappa shape index (κ3) is 4.08. The second-order valence-corrected chi connectivity index (χ2v) is 7.78. The van der Waals surface area contributed by atoms with Gasteiger partial charge in [0, 0.05) is 12.0 Å². The minimum Gasteiger partial charge on any atom is -0.360 e. The minimum atomic E-state index is -4.44. The molecular weight excluding hydrogens is 345 g/mol. The summed E-state index contributed by atoms with van der Waals surface area (Å²) in [5.74, 6) is 0.547. The first-order valence-electron chi connectivity index (χ1n) is 8.50. The lowest BCUT2D eigenvalue weighted by molar-refractivity contribution is -0.137. The Bertz CT molecular complexity index is 802. The topological polar surface area (TPSA) is 55.1 Å². The minimum absolute atomic E-state index is 0.146. The Morgan fingerprint density at radius 1 is 1.23 bits per heavy atom. The summed E-state index contributed by atoms with van der Waals surface area (Å²) >= 11 is 0. The Labute approximate surface area is 149 Å². The van der Waals surface area contributed by atoms with Gasteiger partial charge in [-0.2, -0.15) is 13.2 Å². The summed E-state index contributed by atoms with van der Waals surface area (Å²) in [4.78, 5) is 12.6.